The molecule has 3 aromatic rings. The number of nitrogens with one attached hydrogen (secondary N) is 1. The molecule has 6 heteroatoms. The Morgan fingerprint density at radius 3 is 3.05 bits per heavy atom. The third kappa shape index (κ3) is 2.43. The molecule has 0 radical (unpaired) electrons. The van der Waals surface area contributed by atoms with Crippen molar-refractivity contribution in [1.29, 1.82) is 0 Å². The van der Waals surface area contributed by atoms with Crippen molar-refractivity contribution in [3.63, 3.8) is 0 Å². The molecule has 2 aromatic heterocycles. The van der Waals surface area contributed by atoms with Gasteiger partial charge in [-0.25, -0.2) is 4.98 Å². The quantitative estimate of drug-likeness (QED) is 0.723. The van der Waals surface area contributed by atoms with Crippen molar-refractivity contribution in [1.82, 2.24) is 14.4 Å². The van der Waals surface area contributed by atoms with E-state index in [1.54, 1.807) is 6.20 Å². The second-order valence-electron chi connectivity index (χ2n) is 5.63. The van der Waals surface area contributed by atoms with Gasteiger partial charge in [0, 0.05) is 30.2 Å². The Balaban J connectivity index is 1.72. The first-order valence-electron chi connectivity index (χ1n) is 7.33. The Morgan fingerprint density at radius 2 is 2.23 bits per heavy atom. The largest absolute Gasteiger partial charge is 0.437 e. The summed E-state index contributed by atoms with van der Waals surface area (Å²) in [5.41, 5.74) is 8.32. The van der Waals surface area contributed by atoms with Crippen molar-refractivity contribution in [2.75, 3.05) is 11.1 Å². The zero-order valence-electron chi connectivity index (χ0n) is 12.3. The van der Waals surface area contributed by atoms with E-state index in [1.807, 2.05) is 41.9 Å². The Labute approximate surface area is 128 Å². The smallest absolute Gasteiger partial charge is 0.238 e. The second-order valence-corrected chi connectivity index (χ2v) is 5.63. The van der Waals surface area contributed by atoms with Crippen LogP contribution in [0.2, 0.25) is 0 Å². The van der Waals surface area contributed by atoms with Crippen molar-refractivity contribution >= 4 is 17.2 Å². The van der Waals surface area contributed by atoms with Gasteiger partial charge in [0.1, 0.15) is 5.75 Å². The normalized spacial score (nSPS) is 14.2. The number of ether oxygens (including phenoxy) is 1. The molecule has 0 bridgehead atoms. The van der Waals surface area contributed by atoms with Crippen LogP contribution >= 0.6 is 0 Å². The summed E-state index contributed by atoms with van der Waals surface area (Å²) in [4.78, 5) is 8.90. The maximum Gasteiger partial charge on any atom is 0.238 e. The Morgan fingerprint density at radius 1 is 1.36 bits per heavy atom. The number of hydrogen-bond donors (Lipinski definition) is 2. The highest BCUT2D eigenvalue weighted by molar-refractivity contribution is 5.64. The molecule has 1 fully saturated rings. The number of hydrogen-bond acceptors (Lipinski definition) is 5. The molecule has 112 valence electrons. The van der Waals surface area contributed by atoms with E-state index >= 15 is 0 Å². The average molecular weight is 295 g/mol. The molecule has 1 saturated carbocycles. The van der Waals surface area contributed by atoms with Crippen LogP contribution in [0.5, 0.6) is 11.6 Å². The first kappa shape index (κ1) is 12.9. The lowest BCUT2D eigenvalue weighted by molar-refractivity contribution is 0.457. The molecule has 0 atom stereocenters. The summed E-state index contributed by atoms with van der Waals surface area (Å²) in [5, 5.41) is 3.40. The number of fused-ring (bicyclic) bond motifs is 1. The molecule has 0 spiro atoms. The van der Waals surface area contributed by atoms with Gasteiger partial charge in [-0.3, -0.25) is 4.40 Å². The number of benzene rings is 1. The number of imidazole rings is 1. The fraction of sp³-hybridized carbons (Fsp3) is 0.250. The molecule has 4 rings (SSSR count). The van der Waals surface area contributed by atoms with Crippen LogP contribution in [-0.4, -0.2) is 20.4 Å². The van der Waals surface area contributed by atoms with E-state index in [1.165, 1.54) is 12.8 Å². The van der Waals surface area contributed by atoms with E-state index in [0.717, 1.165) is 17.0 Å². The monoisotopic (exact) mass is 295 g/mol. The van der Waals surface area contributed by atoms with Gasteiger partial charge in [0.25, 0.3) is 0 Å². The predicted molar refractivity (Wildman–Crippen MR) is 85.3 cm³/mol. The molecule has 0 saturated heterocycles. The Hall–Kier alpha value is -2.76. The Bertz CT molecular complexity index is 838. The molecule has 1 aliphatic rings. The average Bonchev–Trinajstić information content (AvgIpc) is 3.17. The summed E-state index contributed by atoms with van der Waals surface area (Å²) in [6.07, 6.45) is 7.81. The van der Waals surface area contributed by atoms with Crippen molar-refractivity contribution in [3.8, 4) is 11.6 Å². The summed E-state index contributed by atoms with van der Waals surface area (Å²) in [6.45, 7) is 1.98. The van der Waals surface area contributed by atoms with E-state index in [4.69, 9.17) is 10.5 Å². The first-order valence-corrected chi connectivity index (χ1v) is 7.33. The molecule has 3 N–H and O–H groups in total. The molecule has 0 amide bonds. The van der Waals surface area contributed by atoms with Crippen LogP contribution in [0.1, 0.15) is 18.4 Å². The molecule has 1 aliphatic carbocycles. The Kier molecular flexibility index (Phi) is 2.89. The lowest BCUT2D eigenvalue weighted by Gasteiger charge is -2.11. The zero-order valence-corrected chi connectivity index (χ0v) is 12.3. The minimum Gasteiger partial charge on any atom is -0.437 e. The van der Waals surface area contributed by atoms with Gasteiger partial charge >= 0.3 is 0 Å². The molecule has 2 heterocycles. The standard InChI is InChI=1S/C16H17N5O/c1-10-2-3-11(17)8-13(10)22-14-9-21-7-6-18-16(21)15(20-14)19-12-4-5-12/h2-3,6-9,12H,4-5,17H2,1H3,(H,19,20). The van der Waals surface area contributed by atoms with Gasteiger partial charge in [-0.05, 0) is 31.4 Å². The maximum atomic E-state index is 5.93. The SMILES string of the molecule is Cc1ccc(N)cc1Oc1cn2ccnc2c(NC2CC2)n1. The minimum absolute atomic E-state index is 0.498. The van der Waals surface area contributed by atoms with Gasteiger partial charge in [0.2, 0.25) is 5.88 Å². The van der Waals surface area contributed by atoms with E-state index < -0.39 is 0 Å². The summed E-state index contributed by atoms with van der Waals surface area (Å²) >= 11 is 0. The molecule has 6 nitrogen and oxygen atoms in total. The number of anilines is 2. The molecule has 22 heavy (non-hydrogen) atoms. The minimum atomic E-state index is 0.498. The van der Waals surface area contributed by atoms with E-state index in [9.17, 15) is 0 Å². The van der Waals surface area contributed by atoms with Crippen LogP contribution in [0.3, 0.4) is 0 Å². The number of rotatable bonds is 4. The molecular formula is C16H17N5O. The van der Waals surface area contributed by atoms with Crippen molar-refractivity contribution in [3.05, 3.63) is 42.4 Å². The summed E-state index contributed by atoms with van der Waals surface area (Å²) in [5.74, 6) is 1.98. The van der Waals surface area contributed by atoms with Gasteiger partial charge in [-0.1, -0.05) is 6.07 Å². The van der Waals surface area contributed by atoms with E-state index in [-0.39, 0.29) is 0 Å². The second kappa shape index (κ2) is 4.91. The van der Waals surface area contributed by atoms with E-state index in [0.29, 0.717) is 23.4 Å². The lowest BCUT2D eigenvalue weighted by atomic mass is 10.2. The van der Waals surface area contributed by atoms with Crippen molar-refractivity contribution in [2.45, 2.75) is 25.8 Å². The van der Waals surface area contributed by atoms with Crippen LogP contribution in [0.25, 0.3) is 5.65 Å². The molecule has 1 aromatic carbocycles. The van der Waals surface area contributed by atoms with Gasteiger partial charge in [0.05, 0.1) is 6.20 Å². The number of aryl methyl sites for hydroxylation is 1. The number of nitrogens with zero attached hydrogens (tertiary/aromatic N) is 3. The highest BCUT2D eigenvalue weighted by atomic mass is 16.5. The van der Waals surface area contributed by atoms with Crippen molar-refractivity contribution < 1.29 is 4.74 Å². The zero-order chi connectivity index (χ0) is 15.1. The topological polar surface area (TPSA) is 77.5 Å². The van der Waals surface area contributed by atoms with E-state index in [2.05, 4.69) is 15.3 Å². The number of nitrogens with two attached hydrogens (primary N) is 1. The van der Waals surface area contributed by atoms with Crippen LogP contribution in [-0.2, 0) is 0 Å². The van der Waals surface area contributed by atoms with Crippen molar-refractivity contribution in [2.24, 2.45) is 0 Å². The number of aromatic nitrogens is 3. The lowest BCUT2D eigenvalue weighted by Crippen LogP contribution is -2.06. The van der Waals surface area contributed by atoms with Crippen LogP contribution in [0, 0.1) is 6.92 Å². The summed E-state index contributed by atoms with van der Waals surface area (Å²) in [6, 6.07) is 6.10. The summed E-state index contributed by atoms with van der Waals surface area (Å²) in [7, 11) is 0. The fourth-order valence-corrected chi connectivity index (χ4v) is 2.31. The fourth-order valence-electron chi connectivity index (χ4n) is 2.31. The third-order valence-corrected chi connectivity index (χ3v) is 3.70. The van der Waals surface area contributed by atoms with Crippen LogP contribution in [0.4, 0.5) is 11.5 Å². The molecule has 0 unspecified atom stereocenters. The number of nitrogen functional groups attached to an aromatic ring is 1. The molecule has 0 aliphatic heterocycles. The van der Waals surface area contributed by atoms with Gasteiger partial charge in [-0.15, -0.1) is 0 Å². The highest BCUT2D eigenvalue weighted by Gasteiger charge is 2.23. The maximum absolute atomic E-state index is 5.93. The van der Waals surface area contributed by atoms with Gasteiger partial charge in [-0.2, -0.15) is 4.98 Å². The molecular weight excluding hydrogens is 278 g/mol. The predicted octanol–water partition coefficient (Wildman–Crippen LogP) is 2.99. The van der Waals surface area contributed by atoms with Gasteiger partial charge < -0.3 is 15.8 Å². The third-order valence-electron chi connectivity index (χ3n) is 3.70. The van der Waals surface area contributed by atoms with Crippen LogP contribution in [0.15, 0.2) is 36.8 Å². The first-order chi connectivity index (χ1) is 10.7. The summed E-state index contributed by atoms with van der Waals surface area (Å²) < 4.78 is 7.84. The van der Waals surface area contributed by atoms with Gasteiger partial charge in [0.15, 0.2) is 11.5 Å². The van der Waals surface area contributed by atoms with Crippen LogP contribution < -0.4 is 15.8 Å². The highest BCUT2D eigenvalue weighted by Crippen LogP contribution is 2.30.